The van der Waals surface area contributed by atoms with Crippen LogP contribution in [-0.2, 0) is 9.16 Å². The molecule has 0 unspecified atom stereocenters. The molecule has 0 N–H and O–H groups in total. The van der Waals surface area contributed by atoms with Crippen LogP contribution in [0.5, 0.6) is 0 Å². The summed E-state index contributed by atoms with van der Waals surface area (Å²) in [5.74, 6) is 0. The summed E-state index contributed by atoms with van der Waals surface area (Å²) in [5, 5.41) is 0.284. The lowest BCUT2D eigenvalue weighted by atomic mass is 10.2. The zero-order chi connectivity index (χ0) is 11.7. The summed E-state index contributed by atoms with van der Waals surface area (Å²) in [6.45, 7) is 11.4. The lowest BCUT2D eigenvalue weighted by molar-refractivity contribution is 0.108. The Morgan fingerprint density at radius 1 is 1.13 bits per heavy atom. The van der Waals surface area contributed by atoms with Crippen molar-refractivity contribution in [2.45, 2.75) is 57.5 Å². The van der Waals surface area contributed by atoms with E-state index in [1.807, 2.05) is 0 Å². The number of hydrogen-bond donors (Lipinski definition) is 0. The molecule has 2 nitrogen and oxygen atoms in total. The Morgan fingerprint density at radius 2 is 1.67 bits per heavy atom. The predicted molar refractivity (Wildman–Crippen MR) is 66.6 cm³/mol. The second-order valence-electron chi connectivity index (χ2n) is 5.81. The van der Waals surface area contributed by atoms with E-state index < -0.39 is 8.32 Å². The lowest BCUT2D eigenvalue weighted by Gasteiger charge is -2.38. The first kappa shape index (κ1) is 12.9. The van der Waals surface area contributed by atoms with Crippen molar-refractivity contribution in [1.29, 1.82) is 0 Å². The fourth-order valence-corrected chi connectivity index (χ4v) is 2.74. The Hall–Kier alpha value is -0.123. The van der Waals surface area contributed by atoms with Gasteiger partial charge in [-0.2, -0.15) is 0 Å². The molecule has 0 aliphatic heterocycles. The smallest absolute Gasteiger partial charge is 0.192 e. The van der Waals surface area contributed by atoms with Crippen molar-refractivity contribution in [3.63, 3.8) is 0 Å². The van der Waals surface area contributed by atoms with Crippen molar-refractivity contribution in [1.82, 2.24) is 0 Å². The van der Waals surface area contributed by atoms with Gasteiger partial charge >= 0.3 is 0 Å². The minimum absolute atomic E-state index is 0.250. The molecule has 0 fully saturated rings. The molecule has 0 saturated carbocycles. The van der Waals surface area contributed by atoms with Gasteiger partial charge in [0.05, 0.1) is 12.2 Å². The summed E-state index contributed by atoms with van der Waals surface area (Å²) < 4.78 is 11.6. The third kappa shape index (κ3) is 3.16. The molecular formula is C12H24O2Si. The van der Waals surface area contributed by atoms with Crippen LogP contribution >= 0.6 is 0 Å². The highest BCUT2D eigenvalue weighted by Crippen LogP contribution is 2.38. The second-order valence-corrected chi connectivity index (χ2v) is 10.6. The molecule has 1 rings (SSSR count). The van der Waals surface area contributed by atoms with Crippen molar-refractivity contribution in [2.24, 2.45) is 0 Å². The third-order valence-electron chi connectivity index (χ3n) is 3.56. The maximum Gasteiger partial charge on any atom is 0.192 e. The summed E-state index contributed by atoms with van der Waals surface area (Å²) in [5.41, 5.74) is 0. The monoisotopic (exact) mass is 228 g/mol. The lowest BCUT2D eigenvalue weighted by Crippen LogP contribution is -2.43. The van der Waals surface area contributed by atoms with Gasteiger partial charge in [0.25, 0.3) is 0 Å². The third-order valence-corrected chi connectivity index (χ3v) is 8.06. The molecule has 2 atom stereocenters. The average molecular weight is 228 g/mol. The molecule has 1 aliphatic rings. The Labute approximate surface area is 94.8 Å². The van der Waals surface area contributed by atoms with Gasteiger partial charge < -0.3 is 9.16 Å². The average Bonchev–Trinajstić information content (AvgIpc) is 2.49. The first-order valence-electron chi connectivity index (χ1n) is 5.65. The van der Waals surface area contributed by atoms with Gasteiger partial charge in [-0.05, 0) is 18.1 Å². The number of rotatable bonds is 3. The van der Waals surface area contributed by atoms with E-state index in [4.69, 9.17) is 9.16 Å². The van der Waals surface area contributed by atoms with E-state index in [0.29, 0.717) is 0 Å². The standard InChI is InChI=1S/C12H24O2Si/c1-12(2,3)15(5,6)14-11-8-7-10(9-11)13-4/h7-8,10-11H,9H2,1-6H3/t10-,11+/m1/s1. The van der Waals surface area contributed by atoms with Gasteiger partial charge in [-0.25, -0.2) is 0 Å². The van der Waals surface area contributed by atoms with Gasteiger partial charge in [0.2, 0.25) is 0 Å². The summed E-state index contributed by atoms with van der Waals surface area (Å²) in [4.78, 5) is 0. The van der Waals surface area contributed by atoms with Crippen LogP contribution in [0.3, 0.4) is 0 Å². The number of ether oxygens (including phenoxy) is 1. The van der Waals surface area contributed by atoms with E-state index in [1.54, 1.807) is 7.11 Å². The zero-order valence-electron chi connectivity index (χ0n) is 10.8. The van der Waals surface area contributed by atoms with E-state index >= 15 is 0 Å². The predicted octanol–water partition coefficient (Wildman–Crippen LogP) is 3.35. The van der Waals surface area contributed by atoms with Crippen LogP contribution in [-0.4, -0.2) is 27.6 Å². The molecule has 0 aromatic heterocycles. The molecule has 1 aliphatic carbocycles. The normalized spacial score (nSPS) is 27.3. The molecule has 0 saturated heterocycles. The van der Waals surface area contributed by atoms with Gasteiger partial charge in [-0.15, -0.1) is 0 Å². The molecular weight excluding hydrogens is 204 g/mol. The first-order chi connectivity index (χ1) is 6.76. The molecule has 15 heavy (non-hydrogen) atoms. The molecule has 0 radical (unpaired) electrons. The second kappa shape index (κ2) is 4.40. The van der Waals surface area contributed by atoms with E-state index in [9.17, 15) is 0 Å². The fraction of sp³-hybridized carbons (Fsp3) is 0.833. The van der Waals surface area contributed by atoms with E-state index in [0.717, 1.165) is 6.42 Å². The summed E-state index contributed by atoms with van der Waals surface area (Å²) in [7, 11) is 0.135. The van der Waals surface area contributed by atoms with Crippen LogP contribution in [0, 0.1) is 0 Å². The highest BCUT2D eigenvalue weighted by molar-refractivity contribution is 6.74. The Bertz CT molecular complexity index is 240. The van der Waals surface area contributed by atoms with Crippen LogP contribution in [0.15, 0.2) is 12.2 Å². The quantitative estimate of drug-likeness (QED) is 0.545. The highest BCUT2D eigenvalue weighted by Gasteiger charge is 2.39. The topological polar surface area (TPSA) is 18.5 Å². The van der Waals surface area contributed by atoms with Crippen LogP contribution in [0.25, 0.3) is 0 Å². The van der Waals surface area contributed by atoms with Crippen LogP contribution < -0.4 is 0 Å². The van der Waals surface area contributed by atoms with Gasteiger partial charge in [0, 0.05) is 13.5 Å². The maximum absolute atomic E-state index is 6.27. The Balaban J connectivity index is 2.54. The van der Waals surface area contributed by atoms with Crippen LogP contribution in [0.1, 0.15) is 27.2 Å². The van der Waals surface area contributed by atoms with Gasteiger partial charge in [-0.3, -0.25) is 0 Å². The van der Waals surface area contributed by atoms with Crippen molar-refractivity contribution < 1.29 is 9.16 Å². The molecule has 0 aromatic carbocycles. The molecule has 0 heterocycles. The van der Waals surface area contributed by atoms with Crippen molar-refractivity contribution in [3.05, 3.63) is 12.2 Å². The van der Waals surface area contributed by atoms with E-state index in [1.165, 1.54) is 0 Å². The van der Waals surface area contributed by atoms with Crippen molar-refractivity contribution >= 4 is 8.32 Å². The van der Waals surface area contributed by atoms with E-state index in [-0.39, 0.29) is 17.2 Å². The summed E-state index contributed by atoms with van der Waals surface area (Å²) >= 11 is 0. The van der Waals surface area contributed by atoms with Gasteiger partial charge in [0.1, 0.15) is 0 Å². The number of hydrogen-bond acceptors (Lipinski definition) is 2. The minimum atomic E-state index is -1.62. The van der Waals surface area contributed by atoms with Crippen LogP contribution in [0.4, 0.5) is 0 Å². The molecule has 0 bridgehead atoms. The van der Waals surface area contributed by atoms with Crippen LogP contribution in [0.2, 0.25) is 18.1 Å². The fourth-order valence-electron chi connectivity index (χ4n) is 1.45. The largest absolute Gasteiger partial charge is 0.410 e. The number of methoxy groups -OCH3 is 1. The SMILES string of the molecule is CO[C@@H]1C=C[C@H](O[Si](C)(C)C(C)(C)C)C1. The molecule has 0 aromatic rings. The van der Waals surface area contributed by atoms with Crippen molar-refractivity contribution in [2.75, 3.05) is 7.11 Å². The summed E-state index contributed by atoms with van der Waals surface area (Å²) in [6.07, 6.45) is 5.74. The molecule has 88 valence electrons. The van der Waals surface area contributed by atoms with Gasteiger partial charge in [0.15, 0.2) is 8.32 Å². The Kier molecular flexibility index (Phi) is 3.79. The Morgan fingerprint density at radius 3 is 2.07 bits per heavy atom. The van der Waals surface area contributed by atoms with Crippen molar-refractivity contribution in [3.8, 4) is 0 Å². The highest BCUT2D eigenvalue weighted by atomic mass is 28.4. The molecule has 3 heteroatoms. The first-order valence-corrected chi connectivity index (χ1v) is 8.56. The zero-order valence-corrected chi connectivity index (χ0v) is 11.8. The molecule has 0 amide bonds. The van der Waals surface area contributed by atoms with E-state index in [2.05, 4.69) is 46.0 Å². The van der Waals surface area contributed by atoms with Gasteiger partial charge in [-0.1, -0.05) is 32.9 Å². The molecule has 0 spiro atoms. The maximum atomic E-state index is 6.27. The summed E-state index contributed by atoms with van der Waals surface area (Å²) in [6, 6.07) is 0. The minimum Gasteiger partial charge on any atom is -0.410 e.